The highest BCUT2D eigenvalue weighted by molar-refractivity contribution is 9.11. The van der Waals surface area contributed by atoms with Crippen molar-refractivity contribution in [2.75, 3.05) is 0 Å². The largest absolute Gasteiger partial charge is 0.347 e. The Hall–Kier alpha value is -1.13. The topological polar surface area (TPSA) is 29.1 Å². The molecule has 4 heteroatoms. The Labute approximate surface area is 119 Å². The molecule has 0 radical (unpaired) electrons. The van der Waals surface area contributed by atoms with Crippen molar-refractivity contribution in [3.05, 3.63) is 55.7 Å². The number of thiophene rings is 1. The summed E-state index contributed by atoms with van der Waals surface area (Å²) in [5.41, 5.74) is 3.43. The molecule has 0 aliphatic carbocycles. The second kappa shape index (κ2) is 5.67. The van der Waals surface area contributed by atoms with Crippen LogP contribution in [-0.2, 0) is 6.54 Å². The van der Waals surface area contributed by atoms with Crippen LogP contribution in [0.2, 0.25) is 0 Å². The normalized spacial score (nSPS) is 10.4. The summed E-state index contributed by atoms with van der Waals surface area (Å²) in [7, 11) is 0. The quantitative estimate of drug-likeness (QED) is 0.906. The van der Waals surface area contributed by atoms with Crippen LogP contribution in [-0.4, -0.2) is 5.91 Å². The second-order valence-electron chi connectivity index (χ2n) is 4.24. The van der Waals surface area contributed by atoms with E-state index in [2.05, 4.69) is 21.2 Å². The lowest BCUT2D eigenvalue weighted by Crippen LogP contribution is -2.21. The van der Waals surface area contributed by atoms with Crippen LogP contribution >= 0.6 is 27.3 Å². The molecule has 0 atom stereocenters. The summed E-state index contributed by atoms with van der Waals surface area (Å²) < 4.78 is 1.02. The number of nitrogens with one attached hydrogen (secondary N) is 1. The van der Waals surface area contributed by atoms with Crippen LogP contribution in [0.3, 0.4) is 0 Å². The SMILES string of the molecule is Cc1ccc(CNC(=O)c2cc(C)c(Br)s2)cc1. The van der Waals surface area contributed by atoms with Crippen LogP contribution in [0.4, 0.5) is 0 Å². The summed E-state index contributed by atoms with van der Waals surface area (Å²) in [6, 6.07) is 10.1. The highest BCUT2D eigenvalue weighted by Gasteiger charge is 2.10. The van der Waals surface area contributed by atoms with Crippen LogP contribution in [0.15, 0.2) is 34.1 Å². The number of hydrogen-bond acceptors (Lipinski definition) is 2. The van der Waals surface area contributed by atoms with Gasteiger partial charge in [-0.2, -0.15) is 0 Å². The van der Waals surface area contributed by atoms with Crippen molar-refractivity contribution in [2.24, 2.45) is 0 Å². The molecule has 0 saturated heterocycles. The fourth-order valence-electron chi connectivity index (χ4n) is 1.55. The average molecular weight is 324 g/mol. The van der Waals surface area contributed by atoms with E-state index in [1.165, 1.54) is 16.9 Å². The molecule has 0 fully saturated rings. The van der Waals surface area contributed by atoms with Gasteiger partial charge in [0.1, 0.15) is 0 Å². The number of benzene rings is 1. The molecule has 0 bridgehead atoms. The van der Waals surface area contributed by atoms with Gasteiger partial charge in [-0.05, 0) is 47.0 Å². The molecule has 1 N–H and O–H groups in total. The fourth-order valence-corrected chi connectivity index (χ4v) is 3.00. The molecule has 2 nitrogen and oxygen atoms in total. The molecule has 1 heterocycles. The summed E-state index contributed by atoms with van der Waals surface area (Å²) in [5, 5.41) is 2.93. The van der Waals surface area contributed by atoms with Gasteiger partial charge in [0.25, 0.3) is 5.91 Å². The van der Waals surface area contributed by atoms with E-state index in [1.807, 2.05) is 44.2 Å². The summed E-state index contributed by atoms with van der Waals surface area (Å²) in [6.07, 6.45) is 0. The molecule has 1 amide bonds. The molecule has 1 aromatic carbocycles. The van der Waals surface area contributed by atoms with E-state index in [4.69, 9.17) is 0 Å². The molecule has 18 heavy (non-hydrogen) atoms. The molecule has 0 aliphatic rings. The first-order chi connectivity index (χ1) is 8.56. The minimum absolute atomic E-state index is 0.0191. The van der Waals surface area contributed by atoms with Crippen molar-refractivity contribution in [3.63, 3.8) is 0 Å². The number of carbonyl (C=O) groups excluding carboxylic acids is 1. The minimum atomic E-state index is -0.0191. The van der Waals surface area contributed by atoms with Crippen molar-refractivity contribution >= 4 is 33.2 Å². The molecular formula is C14H14BrNOS. The monoisotopic (exact) mass is 323 g/mol. The lowest BCUT2D eigenvalue weighted by atomic mass is 10.1. The third-order valence-electron chi connectivity index (χ3n) is 2.65. The first kappa shape index (κ1) is 13.3. The Morgan fingerprint density at radius 1 is 1.28 bits per heavy atom. The average Bonchev–Trinajstić information content (AvgIpc) is 2.69. The predicted molar refractivity (Wildman–Crippen MR) is 79.1 cm³/mol. The van der Waals surface area contributed by atoms with Crippen molar-refractivity contribution < 1.29 is 4.79 Å². The van der Waals surface area contributed by atoms with Crippen LogP contribution in [0.5, 0.6) is 0 Å². The lowest BCUT2D eigenvalue weighted by Gasteiger charge is -2.04. The summed E-state index contributed by atoms with van der Waals surface area (Å²) in [4.78, 5) is 12.7. The zero-order chi connectivity index (χ0) is 13.1. The van der Waals surface area contributed by atoms with Gasteiger partial charge in [-0.1, -0.05) is 29.8 Å². The van der Waals surface area contributed by atoms with E-state index in [-0.39, 0.29) is 5.91 Å². The van der Waals surface area contributed by atoms with Crippen LogP contribution in [0.1, 0.15) is 26.4 Å². The molecule has 0 saturated carbocycles. The van der Waals surface area contributed by atoms with Crippen molar-refractivity contribution in [1.29, 1.82) is 0 Å². The lowest BCUT2D eigenvalue weighted by molar-refractivity contribution is 0.0955. The molecule has 1 aromatic heterocycles. The zero-order valence-electron chi connectivity index (χ0n) is 10.3. The van der Waals surface area contributed by atoms with Gasteiger partial charge in [0.05, 0.1) is 8.66 Å². The van der Waals surface area contributed by atoms with Crippen LogP contribution < -0.4 is 5.32 Å². The maximum absolute atomic E-state index is 11.9. The summed E-state index contributed by atoms with van der Waals surface area (Å²) in [6.45, 7) is 4.60. The molecule has 2 rings (SSSR count). The Balaban J connectivity index is 1.98. The zero-order valence-corrected chi connectivity index (χ0v) is 12.7. The Morgan fingerprint density at radius 3 is 2.50 bits per heavy atom. The molecule has 94 valence electrons. The molecule has 0 aliphatic heterocycles. The van der Waals surface area contributed by atoms with Gasteiger partial charge in [-0.25, -0.2) is 0 Å². The number of rotatable bonds is 3. The maximum Gasteiger partial charge on any atom is 0.261 e. The third-order valence-corrected chi connectivity index (χ3v) is 4.79. The van der Waals surface area contributed by atoms with Crippen molar-refractivity contribution in [3.8, 4) is 0 Å². The van der Waals surface area contributed by atoms with Gasteiger partial charge in [0.15, 0.2) is 0 Å². The van der Waals surface area contributed by atoms with Gasteiger partial charge in [0.2, 0.25) is 0 Å². The number of amides is 1. The maximum atomic E-state index is 11.9. The van der Waals surface area contributed by atoms with E-state index < -0.39 is 0 Å². The van der Waals surface area contributed by atoms with Crippen LogP contribution in [0.25, 0.3) is 0 Å². The molecule has 2 aromatic rings. The Kier molecular flexibility index (Phi) is 4.19. The smallest absolute Gasteiger partial charge is 0.261 e. The minimum Gasteiger partial charge on any atom is -0.347 e. The number of halogens is 1. The van der Waals surface area contributed by atoms with Gasteiger partial charge >= 0.3 is 0 Å². The van der Waals surface area contributed by atoms with E-state index in [9.17, 15) is 4.79 Å². The molecule has 0 unspecified atom stereocenters. The highest BCUT2D eigenvalue weighted by Crippen LogP contribution is 2.27. The Bertz CT molecular complexity index is 540. The molecular weight excluding hydrogens is 310 g/mol. The first-order valence-corrected chi connectivity index (χ1v) is 7.27. The number of carbonyl (C=O) groups is 1. The van der Waals surface area contributed by atoms with Crippen molar-refractivity contribution in [1.82, 2.24) is 5.32 Å². The van der Waals surface area contributed by atoms with Crippen molar-refractivity contribution in [2.45, 2.75) is 20.4 Å². The number of aryl methyl sites for hydroxylation is 2. The first-order valence-electron chi connectivity index (χ1n) is 5.66. The summed E-state index contributed by atoms with van der Waals surface area (Å²) in [5.74, 6) is -0.0191. The van der Waals surface area contributed by atoms with Gasteiger partial charge in [-0.15, -0.1) is 11.3 Å². The predicted octanol–water partition coefficient (Wildman–Crippen LogP) is 4.06. The van der Waals surface area contributed by atoms with Crippen LogP contribution in [0, 0.1) is 13.8 Å². The van der Waals surface area contributed by atoms with Gasteiger partial charge in [-0.3, -0.25) is 4.79 Å². The number of hydrogen-bond donors (Lipinski definition) is 1. The highest BCUT2D eigenvalue weighted by atomic mass is 79.9. The molecule has 0 spiro atoms. The fraction of sp³-hybridized carbons (Fsp3) is 0.214. The van der Waals surface area contributed by atoms with Gasteiger partial charge in [0, 0.05) is 6.54 Å². The van der Waals surface area contributed by atoms with E-state index in [1.54, 1.807) is 0 Å². The summed E-state index contributed by atoms with van der Waals surface area (Å²) >= 11 is 4.89. The van der Waals surface area contributed by atoms with Gasteiger partial charge < -0.3 is 5.32 Å². The standard InChI is InChI=1S/C14H14BrNOS/c1-9-3-5-11(6-4-9)8-16-14(17)12-7-10(2)13(15)18-12/h3-7H,8H2,1-2H3,(H,16,17). The Morgan fingerprint density at radius 2 is 1.94 bits per heavy atom. The van der Waals surface area contributed by atoms with E-state index in [0.717, 1.165) is 19.8 Å². The van der Waals surface area contributed by atoms with E-state index >= 15 is 0 Å². The third kappa shape index (κ3) is 3.21. The second-order valence-corrected chi connectivity index (χ2v) is 6.61. The van der Waals surface area contributed by atoms with E-state index in [0.29, 0.717) is 6.54 Å².